The Bertz CT molecular complexity index is 1870. The highest BCUT2D eigenvalue weighted by Gasteiger charge is 2.34. The maximum absolute atomic E-state index is 14.8. The smallest absolute Gasteiger partial charge is 0.349 e. The molecule has 5 aromatic rings. The predicted molar refractivity (Wildman–Crippen MR) is 156 cm³/mol. The number of methoxy groups -OCH3 is 1. The molecule has 5 N–H and O–H groups in total. The minimum atomic E-state index is -0.759. The highest BCUT2D eigenvalue weighted by atomic mass is 19.1. The topological polar surface area (TPSA) is 168 Å². The molecule has 2 unspecified atom stereocenters. The number of alkyl halides is 1. The molecule has 12 nitrogen and oxygen atoms in total. The average molecular weight is 593 g/mol. The summed E-state index contributed by atoms with van der Waals surface area (Å²) < 4.78 is 38.2. The Hall–Kier alpha value is -4.85. The van der Waals surface area contributed by atoms with Gasteiger partial charge in [0.15, 0.2) is 0 Å². The van der Waals surface area contributed by atoms with Crippen LogP contribution >= 0.6 is 0 Å². The SMILES string of the molecule is COc1nc(NCc2nc(N)n[nH]2)c2c(=O)oc(-c3cc(O)cc4cccc(F)c34)c(C)c2n1.FC1CC2CCCN2C1. The molecular weight excluding hydrogens is 562 g/mol. The van der Waals surface area contributed by atoms with Crippen molar-refractivity contribution in [2.24, 2.45) is 0 Å². The van der Waals surface area contributed by atoms with Crippen LogP contribution < -0.4 is 21.4 Å². The summed E-state index contributed by atoms with van der Waals surface area (Å²) >= 11 is 0. The van der Waals surface area contributed by atoms with Crippen LogP contribution in [0.5, 0.6) is 11.8 Å². The molecule has 2 aliphatic heterocycles. The second-order valence-corrected chi connectivity index (χ2v) is 10.6. The van der Waals surface area contributed by atoms with Crippen LogP contribution in [0.1, 0.15) is 30.7 Å². The summed E-state index contributed by atoms with van der Waals surface area (Å²) in [6, 6.07) is 7.86. The number of H-pyrrole nitrogens is 1. The van der Waals surface area contributed by atoms with Crippen LogP contribution in [0.2, 0.25) is 0 Å². The molecule has 224 valence electrons. The van der Waals surface area contributed by atoms with Crippen LogP contribution in [0.25, 0.3) is 33.0 Å². The lowest BCUT2D eigenvalue weighted by Crippen LogP contribution is -2.22. The number of nitrogens with zero attached hydrogens (tertiary/aromatic N) is 5. The number of rotatable bonds is 5. The van der Waals surface area contributed by atoms with E-state index >= 15 is 0 Å². The Morgan fingerprint density at radius 1 is 1.26 bits per heavy atom. The second-order valence-electron chi connectivity index (χ2n) is 10.6. The van der Waals surface area contributed by atoms with Crippen molar-refractivity contribution in [2.45, 2.75) is 44.9 Å². The van der Waals surface area contributed by atoms with Gasteiger partial charge >= 0.3 is 11.6 Å². The zero-order chi connectivity index (χ0) is 30.2. The van der Waals surface area contributed by atoms with Crippen molar-refractivity contribution >= 4 is 33.4 Å². The summed E-state index contributed by atoms with van der Waals surface area (Å²) in [4.78, 5) is 28.0. The normalized spacial score (nSPS) is 18.0. The number of phenols is 1. The summed E-state index contributed by atoms with van der Waals surface area (Å²) in [7, 11) is 1.39. The van der Waals surface area contributed by atoms with E-state index in [4.69, 9.17) is 14.9 Å². The number of aromatic hydroxyl groups is 1. The molecule has 0 bridgehead atoms. The minimum absolute atomic E-state index is 0.00122. The van der Waals surface area contributed by atoms with Crippen LogP contribution in [-0.2, 0) is 6.54 Å². The number of halogens is 2. The van der Waals surface area contributed by atoms with Gasteiger partial charge in [-0.3, -0.25) is 10.00 Å². The molecule has 0 spiro atoms. The molecule has 14 heteroatoms. The van der Waals surface area contributed by atoms with E-state index in [1.54, 1.807) is 13.0 Å². The number of aromatic nitrogens is 5. The molecule has 3 aromatic heterocycles. The first kappa shape index (κ1) is 28.3. The molecule has 2 atom stereocenters. The van der Waals surface area contributed by atoms with Crippen molar-refractivity contribution in [1.29, 1.82) is 0 Å². The van der Waals surface area contributed by atoms with E-state index in [1.807, 2.05) is 0 Å². The number of phenolic OH excluding ortho intramolecular Hbond substituents is 1. The Balaban J connectivity index is 0.000000310. The van der Waals surface area contributed by atoms with Gasteiger partial charge in [0.2, 0.25) is 5.95 Å². The molecule has 43 heavy (non-hydrogen) atoms. The predicted octanol–water partition coefficient (Wildman–Crippen LogP) is 4.07. The number of aromatic amines is 1. The molecule has 0 saturated carbocycles. The molecule has 0 amide bonds. The van der Waals surface area contributed by atoms with Gasteiger partial charge in [0.1, 0.15) is 40.5 Å². The fraction of sp³-hybridized carbons (Fsp3) is 0.345. The van der Waals surface area contributed by atoms with Gasteiger partial charge in [0, 0.05) is 29.1 Å². The van der Waals surface area contributed by atoms with Crippen LogP contribution in [0.15, 0.2) is 39.5 Å². The quantitative estimate of drug-likeness (QED) is 0.232. The van der Waals surface area contributed by atoms with Crippen LogP contribution in [0, 0.1) is 12.7 Å². The monoisotopic (exact) mass is 592 g/mol. The molecule has 0 radical (unpaired) electrons. The average Bonchev–Trinajstić information content (AvgIpc) is 3.69. The van der Waals surface area contributed by atoms with Crippen molar-refractivity contribution in [3.05, 3.63) is 58.0 Å². The number of nitrogen functional groups attached to an aromatic ring is 1. The molecule has 5 heterocycles. The van der Waals surface area contributed by atoms with Crippen LogP contribution in [-0.4, -0.2) is 67.6 Å². The number of aryl methyl sites for hydroxylation is 1. The standard InChI is InChI=1S/C22H18FN7O4.C7H12FN/c1-9-17-16(19(28-22(27-17)33-2)25-8-14-26-21(24)30-29-14)20(32)34-18(9)12-7-11(31)6-10-4-3-5-13(23)15(10)12;8-6-4-7-2-1-3-9(7)5-6/h3-7,31H,8H2,1-2H3,(H,25,27,28)(H3,24,26,29,30);6-7H,1-5H2. The molecule has 2 aliphatic rings. The Labute approximate surface area is 243 Å². The Kier molecular flexibility index (Phi) is 7.52. The number of hydrogen-bond acceptors (Lipinski definition) is 11. The first-order valence-corrected chi connectivity index (χ1v) is 13.8. The first-order valence-electron chi connectivity index (χ1n) is 13.8. The minimum Gasteiger partial charge on any atom is -0.508 e. The van der Waals surface area contributed by atoms with Crippen molar-refractivity contribution in [3.8, 4) is 23.1 Å². The van der Waals surface area contributed by atoms with E-state index in [9.17, 15) is 18.7 Å². The lowest BCUT2D eigenvalue weighted by molar-refractivity contribution is 0.292. The number of ether oxygens (including phenoxy) is 1. The highest BCUT2D eigenvalue weighted by Crippen LogP contribution is 2.37. The van der Waals surface area contributed by atoms with Gasteiger partial charge in [-0.15, -0.1) is 5.10 Å². The number of nitrogens with two attached hydrogens (primary N) is 1. The van der Waals surface area contributed by atoms with Gasteiger partial charge in [-0.1, -0.05) is 12.1 Å². The van der Waals surface area contributed by atoms with Gasteiger partial charge in [-0.05, 0) is 56.3 Å². The molecule has 2 saturated heterocycles. The summed E-state index contributed by atoms with van der Waals surface area (Å²) in [5.74, 6) is 0.0772. The number of fused-ring (bicyclic) bond motifs is 3. The number of hydrogen-bond donors (Lipinski definition) is 4. The number of nitrogens with one attached hydrogen (secondary N) is 2. The number of benzene rings is 2. The van der Waals surface area contributed by atoms with E-state index in [0.717, 1.165) is 13.0 Å². The third kappa shape index (κ3) is 5.52. The van der Waals surface area contributed by atoms with E-state index in [1.165, 1.54) is 44.2 Å². The van der Waals surface area contributed by atoms with Crippen molar-refractivity contribution in [1.82, 2.24) is 30.0 Å². The fourth-order valence-electron chi connectivity index (χ4n) is 5.84. The fourth-order valence-corrected chi connectivity index (χ4v) is 5.84. The van der Waals surface area contributed by atoms with Gasteiger partial charge in [-0.2, -0.15) is 15.0 Å². The van der Waals surface area contributed by atoms with E-state index in [0.29, 0.717) is 29.4 Å². The molecular formula is C29H30F2N8O4. The lowest BCUT2D eigenvalue weighted by Gasteiger charge is -2.14. The van der Waals surface area contributed by atoms with Crippen molar-refractivity contribution in [3.63, 3.8) is 0 Å². The summed E-state index contributed by atoms with van der Waals surface area (Å²) in [6.45, 7) is 3.66. The highest BCUT2D eigenvalue weighted by molar-refractivity contribution is 6.00. The zero-order valence-corrected chi connectivity index (χ0v) is 23.5. The Morgan fingerprint density at radius 2 is 2.09 bits per heavy atom. The van der Waals surface area contributed by atoms with Crippen molar-refractivity contribution in [2.75, 3.05) is 31.2 Å². The van der Waals surface area contributed by atoms with Gasteiger partial charge in [0.25, 0.3) is 0 Å². The Morgan fingerprint density at radius 3 is 2.84 bits per heavy atom. The third-order valence-electron chi connectivity index (χ3n) is 7.75. The van der Waals surface area contributed by atoms with E-state index in [2.05, 4.69) is 35.4 Å². The molecule has 2 aromatic carbocycles. The largest absolute Gasteiger partial charge is 0.508 e. The summed E-state index contributed by atoms with van der Waals surface area (Å²) in [5.41, 5.74) is 5.65. The third-order valence-corrected chi connectivity index (χ3v) is 7.75. The van der Waals surface area contributed by atoms with Gasteiger partial charge in [0.05, 0.1) is 19.2 Å². The molecule has 7 rings (SSSR count). The molecule has 0 aliphatic carbocycles. The maximum Gasteiger partial charge on any atom is 0.349 e. The number of anilines is 2. The summed E-state index contributed by atoms with van der Waals surface area (Å²) in [5, 5.41) is 20.3. The van der Waals surface area contributed by atoms with Crippen LogP contribution in [0.4, 0.5) is 20.5 Å². The van der Waals surface area contributed by atoms with E-state index in [-0.39, 0.29) is 57.7 Å². The van der Waals surface area contributed by atoms with Crippen LogP contribution in [0.3, 0.4) is 0 Å². The first-order chi connectivity index (χ1) is 20.7. The summed E-state index contributed by atoms with van der Waals surface area (Å²) in [6.07, 6.45) is 2.81. The zero-order valence-electron chi connectivity index (χ0n) is 23.5. The lowest BCUT2D eigenvalue weighted by atomic mass is 9.98. The molecule has 2 fully saturated rings. The maximum atomic E-state index is 14.8. The van der Waals surface area contributed by atoms with Gasteiger partial charge in [-0.25, -0.2) is 13.6 Å². The van der Waals surface area contributed by atoms with Gasteiger partial charge < -0.3 is 25.3 Å². The second kappa shape index (κ2) is 11.4. The van der Waals surface area contributed by atoms with Crippen molar-refractivity contribution < 1.29 is 23.0 Å². The van der Waals surface area contributed by atoms with E-state index < -0.39 is 17.6 Å².